The van der Waals surface area contributed by atoms with Gasteiger partial charge in [-0.15, -0.1) is 5.10 Å². The Morgan fingerprint density at radius 3 is 2.75 bits per heavy atom. The van der Waals surface area contributed by atoms with E-state index in [9.17, 15) is 9.59 Å². The van der Waals surface area contributed by atoms with E-state index in [1.54, 1.807) is 17.9 Å². The highest BCUT2D eigenvalue weighted by molar-refractivity contribution is 5.92. The second-order valence-electron chi connectivity index (χ2n) is 4.14. The number of amides is 1. The van der Waals surface area contributed by atoms with E-state index < -0.39 is 5.97 Å². The summed E-state index contributed by atoms with van der Waals surface area (Å²) < 4.78 is 2.95. The lowest BCUT2D eigenvalue weighted by molar-refractivity contribution is -0.120. The number of hydrogen-bond acceptors (Lipinski definition) is 5. The number of carboxylic acid groups (broad SMARTS) is 1. The van der Waals surface area contributed by atoms with Crippen molar-refractivity contribution in [1.29, 1.82) is 0 Å². The van der Waals surface area contributed by atoms with Crippen LogP contribution in [0.2, 0.25) is 0 Å². The number of carboxylic acids is 1. The molecule has 2 heterocycles. The zero-order valence-corrected chi connectivity index (χ0v) is 11.1. The van der Waals surface area contributed by atoms with Gasteiger partial charge in [-0.1, -0.05) is 5.21 Å². The van der Waals surface area contributed by atoms with Crippen LogP contribution >= 0.6 is 0 Å². The van der Waals surface area contributed by atoms with Crippen molar-refractivity contribution in [3.8, 4) is 11.3 Å². The van der Waals surface area contributed by atoms with Gasteiger partial charge in [0.2, 0.25) is 5.91 Å². The number of aryl methyl sites for hydroxylation is 2. The molecular formula is C11H14N6O3. The van der Waals surface area contributed by atoms with Gasteiger partial charge in [-0.3, -0.25) is 9.48 Å². The van der Waals surface area contributed by atoms with E-state index >= 15 is 0 Å². The van der Waals surface area contributed by atoms with Crippen molar-refractivity contribution < 1.29 is 14.7 Å². The van der Waals surface area contributed by atoms with Crippen LogP contribution in [-0.4, -0.2) is 48.8 Å². The molecular weight excluding hydrogens is 264 g/mol. The predicted octanol–water partition coefficient (Wildman–Crippen LogP) is -0.487. The van der Waals surface area contributed by atoms with Crippen LogP contribution in [0.25, 0.3) is 11.3 Å². The van der Waals surface area contributed by atoms with Gasteiger partial charge in [0.15, 0.2) is 5.69 Å². The van der Waals surface area contributed by atoms with Crippen LogP contribution in [-0.2, 0) is 18.4 Å². The standard InChI is InChI=1S/C11H14N6O3/c1-12-8(18)3-4-17-10(7-5-13-16(2)6-7)9(11(19)20)14-15-17/h5-6H,3-4H2,1-2H3,(H,12,18)(H,19,20). The number of nitrogens with one attached hydrogen (secondary N) is 1. The van der Waals surface area contributed by atoms with Crippen molar-refractivity contribution in [3.05, 3.63) is 18.1 Å². The second kappa shape index (κ2) is 5.51. The highest BCUT2D eigenvalue weighted by Gasteiger charge is 2.21. The maximum atomic E-state index is 11.3. The van der Waals surface area contributed by atoms with E-state index in [-0.39, 0.29) is 24.6 Å². The number of aromatic nitrogens is 5. The van der Waals surface area contributed by atoms with Crippen molar-refractivity contribution in [1.82, 2.24) is 30.1 Å². The van der Waals surface area contributed by atoms with E-state index in [1.165, 1.54) is 17.9 Å². The van der Waals surface area contributed by atoms with Crippen molar-refractivity contribution in [3.63, 3.8) is 0 Å². The topological polar surface area (TPSA) is 115 Å². The lowest BCUT2D eigenvalue weighted by Gasteiger charge is -2.04. The Kier molecular flexibility index (Phi) is 3.78. The number of carbonyl (C=O) groups excluding carboxylic acids is 1. The molecule has 0 aliphatic rings. The molecule has 0 saturated carbocycles. The first kappa shape index (κ1) is 13.7. The summed E-state index contributed by atoms with van der Waals surface area (Å²) in [5, 5.41) is 23.1. The second-order valence-corrected chi connectivity index (χ2v) is 4.14. The van der Waals surface area contributed by atoms with Gasteiger partial charge in [0.1, 0.15) is 5.69 Å². The molecule has 2 rings (SSSR count). The molecule has 0 fully saturated rings. The van der Waals surface area contributed by atoms with Crippen molar-refractivity contribution in [2.24, 2.45) is 7.05 Å². The predicted molar refractivity (Wildman–Crippen MR) is 67.9 cm³/mol. The number of hydrogen-bond donors (Lipinski definition) is 2. The minimum atomic E-state index is -1.17. The summed E-state index contributed by atoms with van der Waals surface area (Å²) in [4.78, 5) is 22.5. The third-order valence-electron chi connectivity index (χ3n) is 2.75. The molecule has 1 amide bonds. The summed E-state index contributed by atoms with van der Waals surface area (Å²) >= 11 is 0. The third-order valence-corrected chi connectivity index (χ3v) is 2.75. The average Bonchev–Trinajstić information content (AvgIpc) is 3.01. The highest BCUT2D eigenvalue weighted by atomic mass is 16.4. The molecule has 2 aromatic rings. The average molecular weight is 278 g/mol. The Balaban J connectivity index is 2.37. The van der Waals surface area contributed by atoms with Crippen molar-refractivity contribution in [2.75, 3.05) is 7.05 Å². The lowest BCUT2D eigenvalue weighted by Crippen LogP contribution is -2.20. The fraction of sp³-hybridized carbons (Fsp3) is 0.364. The van der Waals surface area contributed by atoms with E-state index in [1.807, 2.05) is 0 Å². The molecule has 0 aliphatic carbocycles. The molecule has 0 atom stereocenters. The Labute approximate surface area is 114 Å². The molecule has 0 saturated heterocycles. The first-order chi connectivity index (χ1) is 9.52. The molecule has 20 heavy (non-hydrogen) atoms. The van der Waals surface area contributed by atoms with Gasteiger partial charge in [-0.05, 0) is 0 Å². The number of rotatable bonds is 5. The number of nitrogens with zero attached hydrogens (tertiary/aromatic N) is 5. The largest absolute Gasteiger partial charge is 0.476 e. The Morgan fingerprint density at radius 2 is 2.20 bits per heavy atom. The van der Waals surface area contributed by atoms with Crippen molar-refractivity contribution >= 4 is 11.9 Å². The fourth-order valence-corrected chi connectivity index (χ4v) is 1.78. The smallest absolute Gasteiger partial charge is 0.358 e. The van der Waals surface area contributed by atoms with Crippen LogP contribution in [0.3, 0.4) is 0 Å². The summed E-state index contributed by atoms with van der Waals surface area (Å²) in [7, 11) is 3.26. The molecule has 0 spiro atoms. The van der Waals surface area contributed by atoms with Gasteiger partial charge in [0, 0.05) is 32.3 Å². The minimum Gasteiger partial charge on any atom is -0.476 e. The van der Waals surface area contributed by atoms with Gasteiger partial charge in [0.05, 0.1) is 12.7 Å². The molecule has 0 aliphatic heterocycles. The van der Waals surface area contributed by atoms with Gasteiger partial charge in [-0.25, -0.2) is 9.48 Å². The van der Waals surface area contributed by atoms with Crippen LogP contribution in [0.5, 0.6) is 0 Å². The van der Waals surface area contributed by atoms with Gasteiger partial charge in [0.25, 0.3) is 0 Å². The third kappa shape index (κ3) is 2.66. The molecule has 2 N–H and O–H groups in total. The number of aromatic carboxylic acids is 1. The molecule has 9 nitrogen and oxygen atoms in total. The maximum Gasteiger partial charge on any atom is 0.358 e. The normalized spacial score (nSPS) is 10.5. The van der Waals surface area contributed by atoms with Crippen LogP contribution in [0.4, 0.5) is 0 Å². The van der Waals surface area contributed by atoms with Crippen LogP contribution in [0, 0.1) is 0 Å². The summed E-state index contributed by atoms with van der Waals surface area (Å²) in [6.45, 7) is 0.240. The first-order valence-electron chi connectivity index (χ1n) is 5.89. The zero-order valence-electron chi connectivity index (χ0n) is 11.1. The number of carbonyl (C=O) groups is 2. The Bertz CT molecular complexity index is 644. The molecule has 2 aromatic heterocycles. The lowest BCUT2D eigenvalue weighted by atomic mass is 10.2. The van der Waals surface area contributed by atoms with Gasteiger partial charge in [-0.2, -0.15) is 5.10 Å². The zero-order chi connectivity index (χ0) is 14.7. The maximum absolute atomic E-state index is 11.3. The molecule has 0 radical (unpaired) electrons. The fourth-order valence-electron chi connectivity index (χ4n) is 1.78. The molecule has 106 valence electrons. The minimum absolute atomic E-state index is 0.157. The molecule has 0 unspecified atom stereocenters. The SMILES string of the molecule is CNC(=O)CCn1nnc(C(=O)O)c1-c1cnn(C)c1. The van der Waals surface area contributed by atoms with Crippen molar-refractivity contribution in [2.45, 2.75) is 13.0 Å². The van der Waals surface area contributed by atoms with Crippen LogP contribution in [0.1, 0.15) is 16.9 Å². The van der Waals surface area contributed by atoms with E-state index in [2.05, 4.69) is 20.7 Å². The summed E-state index contributed by atoms with van der Waals surface area (Å²) in [6.07, 6.45) is 3.38. The monoisotopic (exact) mass is 278 g/mol. The van der Waals surface area contributed by atoms with E-state index in [4.69, 9.17) is 5.11 Å². The summed E-state index contributed by atoms with van der Waals surface area (Å²) in [6, 6.07) is 0. The molecule has 0 aromatic carbocycles. The summed E-state index contributed by atoms with van der Waals surface area (Å²) in [5.74, 6) is -1.33. The highest BCUT2D eigenvalue weighted by Crippen LogP contribution is 2.21. The van der Waals surface area contributed by atoms with E-state index in [0.717, 1.165) is 0 Å². The molecule has 0 bridgehead atoms. The Morgan fingerprint density at radius 1 is 1.45 bits per heavy atom. The van der Waals surface area contributed by atoms with E-state index in [0.29, 0.717) is 11.3 Å². The van der Waals surface area contributed by atoms with Crippen LogP contribution < -0.4 is 5.32 Å². The van der Waals surface area contributed by atoms with Gasteiger partial charge >= 0.3 is 5.97 Å². The summed E-state index contributed by atoms with van der Waals surface area (Å²) in [5.41, 5.74) is 0.774. The quantitative estimate of drug-likeness (QED) is 0.762. The van der Waals surface area contributed by atoms with Crippen LogP contribution in [0.15, 0.2) is 12.4 Å². The molecule has 9 heteroatoms. The Hall–Kier alpha value is -2.71. The first-order valence-corrected chi connectivity index (χ1v) is 5.89. The van der Waals surface area contributed by atoms with Gasteiger partial charge < -0.3 is 10.4 Å².